The lowest BCUT2D eigenvalue weighted by Crippen LogP contribution is -2.31. The van der Waals surface area contributed by atoms with Crippen LogP contribution < -0.4 is 4.90 Å². The third kappa shape index (κ3) is 2.67. The van der Waals surface area contributed by atoms with Gasteiger partial charge in [0, 0.05) is 24.6 Å². The van der Waals surface area contributed by atoms with E-state index in [1.807, 2.05) is 18.9 Å². The molecule has 0 aliphatic carbocycles. The van der Waals surface area contributed by atoms with Crippen molar-refractivity contribution in [1.82, 2.24) is 9.97 Å². The van der Waals surface area contributed by atoms with Crippen LogP contribution in [-0.4, -0.2) is 28.4 Å². The summed E-state index contributed by atoms with van der Waals surface area (Å²) >= 11 is 6.82. The first-order valence-electron chi connectivity index (χ1n) is 4.34. The third-order valence-corrected chi connectivity index (χ3v) is 3.82. The number of nitrogens with zero attached hydrogens (tertiary/aromatic N) is 3. The first-order chi connectivity index (χ1) is 6.56. The highest BCUT2D eigenvalue weighted by Gasteiger charge is 2.11. The first kappa shape index (κ1) is 11.9. The first-order valence-corrected chi connectivity index (χ1v) is 6.25. The molecule has 0 saturated heterocycles. The number of rotatable bonds is 3. The van der Waals surface area contributed by atoms with Gasteiger partial charge in [0.05, 0.1) is 10.2 Å². The van der Waals surface area contributed by atoms with Gasteiger partial charge in [-0.25, -0.2) is 9.97 Å². The molecule has 0 spiro atoms. The second-order valence-electron chi connectivity index (χ2n) is 3.22. The molecule has 0 N–H and O–H groups in total. The van der Waals surface area contributed by atoms with Crippen molar-refractivity contribution in [2.45, 2.75) is 19.9 Å². The van der Waals surface area contributed by atoms with Gasteiger partial charge in [0.15, 0.2) is 0 Å². The number of halogens is 2. The summed E-state index contributed by atoms with van der Waals surface area (Å²) in [5, 5.41) is 0.905. The van der Waals surface area contributed by atoms with Crippen LogP contribution in [0.25, 0.3) is 0 Å². The molecule has 1 aromatic heterocycles. The molecule has 0 bridgehead atoms. The van der Waals surface area contributed by atoms with Gasteiger partial charge in [-0.3, -0.25) is 0 Å². The molecular weight excluding hydrogens is 310 g/mol. The summed E-state index contributed by atoms with van der Waals surface area (Å²) < 4.78 is 0.946. The Morgan fingerprint density at radius 1 is 1.57 bits per heavy atom. The predicted molar refractivity (Wildman–Crippen MR) is 66.1 cm³/mol. The van der Waals surface area contributed by atoms with Gasteiger partial charge in [0.25, 0.3) is 0 Å². The quantitative estimate of drug-likeness (QED) is 0.801. The molecule has 0 aliphatic heterocycles. The Labute approximate surface area is 101 Å². The van der Waals surface area contributed by atoms with Crippen molar-refractivity contribution in [2.75, 3.05) is 17.3 Å². The van der Waals surface area contributed by atoms with Crippen LogP contribution in [0.2, 0.25) is 0 Å². The van der Waals surface area contributed by atoms with Crippen LogP contribution in [-0.2, 0) is 0 Å². The molecule has 0 amide bonds. The van der Waals surface area contributed by atoms with Gasteiger partial charge in [-0.2, -0.15) is 0 Å². The number of aromatic nitrogens is 2. The SMILES string of the molecule is Cc1nc(N(C)C(C)CBr)ncc1Br. The number of alkyl halides is 1. The van der Waals surface area contributed by atoms with E-state index < -0.39 is 0 Å². The lowest BCUT2D eigenvalue weighted by atomic mass is 10.3. The number of hydrogen-bond acceptors (Lipinski definition) is 3. The Morgan fingerprint density at radius 3 is 2.71 bits per heavy atom. The van der Waals surface area contributed by atoms with Crippen molar-refractivity contribution < 1.29 is 0 Å². The lowest BCUT2D eigenvalue weighted by molar-refractivity contribution is 0.739. The second-order valence-corrected chi connectivity index (χ2v) is 4.72. The predicted octanol–water partition coefficient (Wildman–Crippen LogP) is 2.77. The van der Waals surface area contributed by atoms with E-state index in [1.54, 1.807) is 6.20 Å². The van der Waals surface area contributed by atoms with Crippen molar-refractivity contribution in [3.63, 3.8) is 0 Å². The van der Waals surface area contributed by atoms with Gasteiger partial charge >= 0.3 is 0 Å². The number of hydrogen-bond donors (Lipinski definition) is 0. The molecule has 1 rings (SSSR count). The highest BCUT2D eigenvalue weighted by Crippen LogP contribution is 2.16. The fourth-order valence-corrected chi connectivity index (χ4v) is 1.54. The van der Waals surface area contributed by atoms with E-state index in [0.717, 1.165) is 21.4 Å². The van der Waals surface area contributed by atoms with Crippen LogP contribution >= 0.6 is 31.9 Å². The Balaban J connectivity index is 2.91. The van der Waals surface area contributed by atoms with Gasteiger partial charge < -0.3 is 4.90 Å². The smallest absolute Gasteiger partial charge is 0.225 e. The van der Waals surface area contributed by atoms with E-state index >= 15 is 0 Å². The Bertz CT molecular complexity index is 317. The van der Waals surface area contributed by atoms with E-state index in [9.17, 15) is 0 Å². The number of anilines is 1. The van der Waals surface area contributed by atoms with Crippen LogP contribution in [0.5, 0.6) is 0 Å². The standard InChI is InChI=1S/C9H13Br2N3/c1-6(4-10)14(3)9-12-5-8(11)7(2)13-9/h5-6H,4H2,1-3H3. The molecule has 1 heterocycles. The lowest BCUT2D eigenvalue weighted by Gasteiger charge is -2.23. The second kappa shape index (κ2) is 5.07. The fraction of sp³-hybridized carbons (Fsp3) is 0.556. The Hall–Kier alpha value is -0.160. The van der Waals surface area contributed by atoms with Crippen LogP contribution in [0.1, 0.15) is 12.6 Å². The fourth-order valence-electron chi connectivity index (χ4n) is 0.911. The van der Waals surface area contributed by atoms with E-state index in [1.165, 1.54) is 0 Å². The van der Waals surface area contributed by atoms with E-state index in [0.29, 0.717) is 6.04 Å². The minimum atomic E-state index is 0.385. The molecule has 1 unspecified atom stereocenters. The summed E-state index contributed by atoms with van der Waals surface area (Å²) in [5.41, 5.74) is 0.962. The summed E-state index contributed by atoms with van der Waals surface area (Å²) in [6.07, 6.45) is 1.79. The Morgan fingerprint density at radius 2 is 2.21 bits per heavy atom. The summed E-state index contributed by atoms with van der Waals surface area (Å²) in [5.74, 6) is 0.762. The maximum Gasteiger partial charge on any atom is 0.225 e. The zero-order valence-corrected chi connectivity index (χ0v) is 11.6. The summed E-state index contributed by atoms with van der Waals surface area (Å²) in [4.78, 5) is 10.7. The number of aryl methyl sites for hydroxylation is 1. The van der Waals surface area contributed by atoms with Gasteiger partial charge in [-0.1, -0.05) is 15.9 Å². The summed E-state index contributed by atoms with van der Waals surface area (Å²) in [7, 11) is 1.99. The van der Waals surface area contributed by atoms with Crippen molar-refractivity contribution in [2.24, 2.45) is 0 Å². The van der Waals surface area contributed by atoms with Gasteiger partial charge in [-0.15, -0.1) is 0 Å². The molecule has 0 fully saturated rings. The molecule has 0 saturated carbocycles. The van der Waals surface area contributed by atoms with Crippen LogP contribution in [0.15, 0.2) is 10.7 Å². The normalized spacial score (nSPS) is 12.6. The maximum absolute atomic E-state index is 4.39. The molecule has 78 valence electrons. The van der Waals surface area contributed by atoms with Gasteiger partial charge in [-0.05, 0) is 29.8 Å². The van der Waals surface area contributed by atoms with Gasteiger partial charge in [0.2, 0.25) is 5.95 Å². The topological polar surface area (TPSA) is 29.0 Å². The van der Waals surface area contributed by atoms with Crippen LogP contribution in [0.3, 0.4) is 0 Å². The maximum atomic E-state index is 4.39. The highest BCUT2D eigenvalue weighted by molar-refractivity contribution is 9.10. The highest BCUT2D eigenvalue weighted by atomic mass is 79.9. The van der Waals surface area contributed by atoms with E-state index in [-0.39, 0.29) is 0 Å². The minimum absolute atomic E-state index is 0.385. The largest absolute Gasteiger partial charge is 0.340 e. The molecule has 0 radical (unpaired) electrons. The molecular formula is C9H13Br2N3. The van der Waals surface area contributed by atoms with Gasteiger partial charge in [0.1, 0.15) is 0 Å². The van der Waals surface area contributed by atoms with Crippen molar-refractivity contribution >= 4 is 37.8 Å². The van der Waals surface area contributed by atoms with Crippen molar-refractivity contribution in [3.05, 3.63) is 16.4 Å². The average molecular weight is 323 g/mol. The van der Waals surface area contributed by atoms with Crippen molar-refractivity contribution in [1.29, 1.82) is 0 Å². The monoisotopic (exact) mass is 321 g/mol. The zero-order chi connectivity index (χ0) is 10.7. The summed E-state index contributed by atoms with van der Waals surface area (Å²) in [6, 6.07) is 0.385. The molecule has 5 heteroatoms. The molecule has 1 atom stereocenters. The molecule has 14 heavy (non-hydrogen) atoms. The summed E-state index contributed by atoms with van der Waals surface area (Å²) in [6.45, 7) is 4.08. The Kier molecular flexibility index (Phi) is 4.31. The van der Waals surface area contributed by atoms with Crippen LogP contribution in [0.4, 0.5) is 5.95 Å². The average Bonchev–Trinajstić information content (AvgIpc) is 2.20. The molecule has 3 nitrogen and oxygen atoms in total. The van der Waals surface area contributed by atoms with E-state index in [4.69, 9.17) is 0 Å². The van der Waals surface area contributed by atoms with E-state index in [2.05, 4.69) is 48.8 Å². The molecule has 0 aromatic carbocycles. The van der Waals surface area contributed by atoms with Crippen molar-refractivity contribution in [3.8, 4) is 0 Å². The third-order valence-electron chi connectivity index (χ3n) is 2.11. The molecule has 1 aromatic rings. The molecule has 0 aliphatic rings. The zero-order valence-electron chi connectivity index (χ0n) is 8.46. The van der Waals surface area contributed by atoms with Crippen LogP contribution in [0, 0.1) is 6.92 Å². The minimum Gasteiger partial charge on any atom is -0.340 e.